The average molecular weight is 450 g/mol. The van der Waals surface area contributed by atoms with Crippen LogP contribution in [-0.2, 0) is 6.42 Å². The summed E-state index contributed by atoms with van der Waals surface area (Å²) in [5.41, 5.74) is 3.42. The molecule has 176 valence electrons. The smallest absolute Gasteiger partial charge is 0.268 e. The number of amides is 1. The molecular weight excluding hydrogens is 414 g/mol. The van der Waals surface area contributed by atoms with Gasteiger partial charge in [0.05, 0.1) is 5.69 Å². The van der Waals surface area contributed by atoms with Crippen molar-refractivity contribution >= 4 is 5.91 Å². The van der Waals surface area contributed by atoms with Gasteiger partial charge in [-0.3, -0.25) is 4.79 Å². The maximum atomic E-state index is 13.1. The zero-order chi connectivity index (χ0) is 23.8. The fraction of sp³-hybridized carbons (Fsp3) is 0.538. The average Bonchev–Trinajstić information content (AvgIpc) is 3.32. The van der Waals surface area contributed by atoms with Gasteiger partial charge in [0.1, 0.15) is 5.69 Å². The quantitative estimate of drug-likeness (QED) is 0.546. The van der Waals surface area contributed by atoms with Crippen LogP contribution in [0, 0.1) is 24.2 Å². The van der Waals surface area contributed by atoms with Crippen molar-refractivity contribution in [3.8, 4) is 17.3 Å². The molecule has 0 saturated heterocycles. The molecule has 7 heteroatoms. The third-order valence-electron chi connectivity index (χ3n) is 6.22. The van der Waals surface area contributed by atoms with Crippen LogP contribution in [0.3, 0.4) is 0 Å². The Morgan fingerprint density at radius 3 is 2.70 bits per heavy atom. The molecule has 4 rings (SSSR count). The minimum atomic E-state index is -0.0305. The standard InChI is InChI=1S/C26H35N5O2/c1-16(2)10-22-13-23(25-29-28-18(4)33-25)30-31(22)21-9-7-8-19(12-21)24(32)27-20-11-17(3)14-26(5,6)15-20/h7-9,12-13,16-17,20H,10-11,14-15H2,1-6H3,(H,27,32)/t17-,20-/m0/s1. The Bertz CT molecular complexity index is 1130. The number of hydrogen-bond acceptors (Lipinski definition) is 5. The number of carbonyl (C=O) groups excluding carboxylic acids is 1. The normalized spacial score (nSPS) is 20.2. The van der Waals surface area contributed by atoms with Crippen molar-refractivity contribution in [2.24, 2.45) is 17.3 Å². The lowest BCUT2D eigenvalue weighted by molar-refractivity contribution is 0.0874. The van der Waals surface area contributed by atoms with Crippen molar-refractivity contribution in [3.05, 3.63) is 47.5 Å². The van der Waals surface area contributed by atoms with Crippen LogP contribution in [0.4, 0.5) is 0 Å². The highest BCUT2D eigenvalue weighted by atomic mass is 16.4. The number of aromatic nitrogens is 4. The molecule has 1 saturated carbocycles. The van der Waals surface area contributed by atoms with Crippen LogP contribution in [0.5, 0.6) is 0 Å². The molecule has 1 amide bonds. The van der Waals surface area contributed by atoms with Gasteiger partial charge in [-0.1, -0.05) is 40.7 Å². The predicted octanol–water partition coefficient (Wildman–Crippen LogP) is 5.37. The number of carbonyl (C=O) groups is 1. The van der Waals surface area contributed by atoms with Crippen molar-refractivity contribution in [2.45, 2.75) is 73.3 Å². The third kappa shape index (κ3) is 5.52. The maximum absolute atomic E-state index is 13.1. The van der Waals surface area contributed by atoms with Crippen molar-refractivity contribution < 1.29 is 9.21 Å². The number of hydrogen-bond donors (Lipinski definition) is 1. The van der Waals surface area contributed by atoms with Gasteiger partial charge in [0.15, 0.2) is 0 Å². The molecule has 2 aromatic heterocycles. The van der Waals surface area contributed by atoms with Crippen LogP contribution in [0.1, 0.15) is 75.8 Å². The lowest BCUT2D eigenvalue weighted by Crippen LogP contribution is -2.43. The summed E-state index contributed by atoms with van der Waals surface area (Å²) < 4.78 is 7.47. The van der Waals surface area contributed by atoms with Gasteiger partial charge < -0.3 is 9.73 Å². The van der Waals surface area contributed by atoms with Crippen molar-refractivity contribution in [2.75, 3.05) is 0 Å². The molecule has 0 spiro atoms. The topological polar surface area (TPSA) is 85.8 Å². The molecule has 1 aliphatic rings. The SMILES string of the molecule is Cc1nnc(-c2cc(CC(C)C)n(-c3cccc(C(=O)N[C@H]4C[C@H](C)CC(C)(C)C4)c3)n2)o1. The largest absolute Gasteiger partial charge is 0.420 e. The molecule has 3 aromatic rings. The first-order valence-corrected chi connectivity index (χ1v) is 11.9. The predicted molar refractivity (Wildman–Crippen MR) is 128 cm³/mol. The van der Waals surface area contributed by atoms with Crippen molar-refractivity contribution in [1.29, 1.82) is 0 Å². The fourth-order valence-electron chi connectivity index (χ4n) is 5.22. The molecule has 2 atom stereocenters. The Morgan fingerprint density at radius 2 is 2.03 bits per heavy atom. The lowest BCUT2D eigenvalue weighted by Gasteiger charge is -2.39. The van der Waals surface area contributed by atoms with Crippen LogP contribution >= 0.6 is 0 Å². The molecule has 1 aliphatic carbocycles. The molecule has 1 N–H and O–H groups in total. The van der Waals surface area contributed by atoms with Crippen molar-refractivity contribution in [1.82, 2.24) is 25.3 Å². The Balaban J connectivity index is 1.60. The molecule has 1 fully saturated rings. The van der Waals surface area contributed by atoms with Crippen LogP contribution < -0.4 is 5.32 Å². The highest BCUT2D eigenvalue weighted by Gasteiger charge is 2.32. The van der Waals surface area contributed by atoms with E-state index in [9.17, 15) is 4.79 Å². The number of nitrogens with zero attached hydrogens (tertiary/aromatic N) is 4. The number of rotatable bonds is 6. The highest BCUT2D eigenvalue weighted by molar-refractivity contribution is 5.95. The summed E-state index contributed by atoms with van der Waals surface area (Å²) in [5, 5.41) is 16.1. The first kappa shape index (κ1) is 23.2. The Labute approximate surface area is 196 Å². The summed E-state index contributed by atoms with van der Waals surface area (Å²) in [4.78, 5) is 13.1. The molecule has 0 bridgehead atoms. The molecule has 0 aliphatic heterocycles. The second kappa shape index (κ2) is 9.12. The van der Waals surface area contributed by atoms with E-state index < -0.39 is 0 Å². The lowest BCUT2D eigenvalue weighted by atomic mass is 9.70. The summed E-state index contributed by atoms with van der Waals surface area (Å²) in [7, 11) is 0. The molecule has 2 heterocycles. The van der Waals surface area contributed by atoms with E-state index in [0.29, 0.717) is 34.9 Å². The van der Waals surface area contributed by atoms with Gasteiger partial charge in [-0.2, -0.15) is 5.10 Å². The molecule has 0 unspecified atom stereocenters. The van der Waals surface area contributed by atoms with Gasteiger partial charge in [-0.05, 0) is 67.2 Å². The number of benzene rings is 1. The monoisotopic (exact) mass is 449 g/mol. The highest BCUT2D eigenvalue weighted by Crippen LogP contribution is 2.38. The summed E-state index contributed by atoms with van der Waals surface area (Å²) in [6.07, 6.45) is 4.08. The van der Waals surface area contributed by atoms with E-state index in [1.165, 1.54) is 6.42 Å². The molecule has 7 nitrogen and oxygen atoms in total. The van der Waals surface area contributed by atoms with Gasteiger partial charge in [0, 0.05) is 24.2 Å². The van der Waals surface area contributed by atoms with Gasteiger partial charge in [-0.25, -0.2) is 4.68 Å². The van der Waals surface area contributed by atoms with Crippen molar-refractivity contribution in [3.63, 3.8) is 0 Å². The number of nitrogens with one attached hydrogen (secondary N) is 1. The van der Waals surface area contributed by atoms with Gasteiger partial charge in [-0.15, -0.1) is 10.2 Å². The first-order chi connectivity index (χ1) is 15.6. The van der Waals surface area contributed by atoms with Gasteiger partial charge in [0.2, 0.25) is 5.89 Å². The maximum Gasteiger partial charge on any atom is 0.268 e. The van der Waals surface area contributed by atoms with Crippen LogP contribution in [0.2, 0.25) is 0 Å². The van der Waals surface area contributed by atoms with E-state index >= 15 is 0 Å². The fourth-order valence-corrected chi connectivity index (χ4v) is 5.22. The van der Waals surface area contributed by atoms with E-state index in [4.69, 9.17) is 9.52 Å². The summed E-state index contributed by atoms with van der Waals surface area (Å²) in [5.74, 6) is 1.93. The van der Waals surface area contributed by atoms with Gasteiger partial charge in [0.25, 0.3) is 11.8 Å². The summed E-state index contributed by atoms with van der Waals surface area (Å²) in [6, 6.07) is 9.85. The molecule has 33 heavy (non-hydrogen) atoms. The second-order valence-electron chi connectivity index (χ2n) is 10.8. The van der Waals surface area contributed by atoms with Crippen LogP contribution in [0.15, 0.2) is 34.7 Å². The zero-order valence-electron chi connectivity index (χ0n) is 20.6. The Morgan fingerprint density at radius 1 is 1.24 bits per heavy atom. The molecule has 0 radical (unpaired) electrons. The minimum absolute atomic E-state index is 0.0305. The first-order valence-electron chi connectivity index (χ1n) is 11.9. The Hall–Kier alpha value is -2.96. The van der Waals surface area contributed by atoms with Gasteiger partial charge >= 0.3 is 0 Å². The van der Waals surface area contributed by atoms with Crippen LogP contribution in [0.25, 0.3) is 17.3 Å². The van der Waals surface area contributed by atoms with Crippen LogP contribution in [-0.4, -0.2) is 31.9 Å². The zero-order valence-corrected chi connectivity index (χ0v) is 20.6. The Kier molecular flexibility index (Phi) is 6.41. The second-order valence-corrected chi connectivity index (χ2v) is 10.8. The third-order valence-corrected chi connectivity index (χ3v) is 6.22. The molecule has 1 aromatic carbocycles. The summed E-state index contributed by atoms with van der Waals surface area (Å²) in [6.45, 7) is 13.0. The van der Waals surface area contributed by atoms with E-state index in [2.05, 4.69) is 50.1 Å². The van der Waals surface area contributed by atoms with E-state index in [1.54, 1.807) is 6.92 Å². The van der Waals surface area contributed by atoms with E-state index in [1.807, 2.05) is 35.0 Å². The van der Waals surface area contributed by atoms with E-state index in [0.717, 1.165) is 30.6 Å². The van der Waals surface area contributed by atoms with E-state index in [-0.39, 0.29) is 17.4 Å². The summed E-state index contributed by atoms with van der Waals surface area (Å²) >= 11 is 0. The minimum Gasteiger partial charge on any atom is -0.420 e. The molecular formula is C26H35N5O2. The number of aryl methyl sites for hydroxylation is 1.